The number of aromatic nitrogens is 1. The van der Waals surface area contributed by atoms with E-state index in [4.69, 9.17) is 4.74 Å². The van der Waals surface area contributed by atoms with Crippen LogP contribution in [0, 0.1) is 0 Å². The van der Waals surface area contributed by atoms with Crippen LogP contribution in [0.1, 0.15) is 36.5 Å². The lowest BCUT2D eigenvalue weighted by atomic mass is 10.1. The van der Waals surface area contributed by atoms with Crippen LogP contribution in [0.3, 0.4) is 0 Å². The first-order chi connectivity index (χ1) is 7.70. The number of carbonyl (C=O) groups is 2. The first-order valence-electron chi connectivity index (χ1n) is 5.27. The summed E-state index contributed by atoms with van der Waals surface area (Å²) in [5.41, 5.74) is 0.634. The third-order valence-electron chi connectivity index (χ3n) is 2.09. The second-order valence-corrected chi connectivity index (χ2v) is 3.46. The molecule has 1 aromatic heterocycles. The fourth-order valence-corrected chi connectivity index (χ4v) is 1.28. The average molecular weight is 221 g/mol. The van der Waals surface area contributed by atoms with E-state index in [1.165, 1.54) is 6.92 Å². The summed E-state index contributed by atoms with van der Waals surface area (Å²) in [4.78, 5) is 25.9. The first kappa shape index (κ1) is 12.4. The monoisotopic (exact) mass is 221 g/mol. The Morgan fingerprint density at radius 3 is 2.81 bits per heavy atom. The quantitative estimate of drug-likeness (QED) is 0.419. The topological polar surface area (TPSA) is 56.3 Å². The minimum atomic E-state index is -0.279. The molecule has 0 atom stereocenters. The second kappa shape index (κ2) is 6.71. The van der Waals surface area contributed by atoms with Gasteiger partial charge in [0, 0.05) is 31.3 Å². The van der Waals surface area contributed by atoms with Crippen molar-refractivity contribution < 1.29 is 14.3 Å². The summed E-state index contributed by atoms with van der Waals surface area (Å²) in [6.07, 6.45) is 5.10. The molecule has 0 bridgehead atoms. The van der Waals surface area contributed by atoms with Crippen molar-refractivity contribution in [1.29, 1.82) is 0 Å². The molecular weight excluding hydrogens is 206 g/mol. The van der Waals surface area contributed by atoms with Gasteiger partial charge in [-0.25, -0.2) is 0 Å². The number of esters is 1. The summed E-state index contributed by atoms with van der Waals surface area (Å²) < 4.78 is 4.77. The number of Topliss-reactive ketones (excluding diaryl/α,β-unsaturated/α-hetero) is 1. The van der Waals surface area contributed by atoms with E-state index in [1.54, 1.807) is 24.5 Å². The summed E-state index contributed by atoms with van der Waals surface area (Å²) in [5.74, 6) is -0.200. The molecule has 0 aliphatic rings. The number of carbonyl (C=O) groups excluding carboxylic acids is 2. The predicted molar refractivity (Wildman–Crippen MR) is 59.1 cm³/mol. The molecule has 0 aromatic carbocycles. The van der Waals surface area contributed by atoms with Crippen LogP contribution >= 0.6 is 0 Å². The first-order valence-corrected chi connectivity index (χ1v) is 5.27. The number of hydrogen-bond donors (Lipinski definition) is 0. The van der Waals surface area contributed by atoms with Gasteiger partial charge in [0.05, 0.1) is 6.61 Å². The van der Waals surface area contributed by atoms with Crippen molar-refractivity contribution in [3.8, 4) is 0 Å². The fraction of sp³-hybridized carbons (Fsp3) is 0.417. The lowest BCUT2D eigenvalue weighted by Crippen LogP contribution is -2.03. The smallest absolute Gasteiger partial charge is 0.302 e. The van der Waals surface area contributed by atoms with Crippen molar-refractivity contribution in [1.82, 2.24) is 4.98 Å². The van der Waals surface area contributed by atoms with Crippen LogP contribution in [0.25, 0.3) is 0 Å². The zero-order valence-corrected chi connectivity index (χ0v) is 9.31. The van der Waals surface area contributed by atoms with Crippen molar-refractivity contribution in [2.45, 2.75) is 26.2 Å². The number of hydrogen-bond acceptors (Lipinski definition) is 4. The Bertz CT molecular complexity index is 349. The van der Waals surface area contributed by atoms with Crippen LogP contribution in [0.5, 0.6) is 0 Å². The van der Waals surface area contributed by atoms with E-state index in [2.05, 4.69) is 4.98 Å². The third-order valence-corrected chi connectivity index (χ3v) is 2.09. The van der Waals surface area contributed by atoms with E-state index >= 15 is 0 Å². The van der Waals surface area contributed by atoms with Crippen LogP contribution in [-0.4, -0.2) is 23.3 Å². The molecule has 1 rings (SSSR count). The lowest BCUT2D eigenvalue weighted by Gasteiger charge is -2.01. The van der Waals surface area contributed by atoms with E-state index in [0.717, 1.165) is 6.42 Å². The number of rotatable bonds is 6. The number of unbranched alkanes of at least 4 members (excludes halogenated alkanes) is 1. The highest BCUT2D eigenvalue weighted by Crippen LogP contribution is 2.05. The van der Waals surface area contributed by atoms with Crippen molar-refractivity contribution in [2.24, 2.45) is 0 Å². The predicted octanol–water partition coefficient (Wildman–Crippen LogP) is 2.00. The molecule has 0 spiro atoms. The number of pyridine rings is 1. The second-order valence-electron chi connectivity index (χ2n) is 3.46. The average Bonchev–Trinajstić information content (AvgIpc) is 2.29. The number of nitrogens with zero attached hydrogens (tertiary/aromatic N) is 1. The van der Waals surface area contributed by atoms with Crippen molar-refractivity contribution in [2.75, 3.05) is 6.61 Å². The molecule has 0 aliphatic heterocycles. The van der Waals surface area contributed by atoms with Crippen LogP contribution in [0.2, 0.25) is 0 Å². The molecule has 0 radical (unpaired) electrons. The summed E-state index contributed by atoms with van der Waals surface area (Å²) in [6.45, 7) is 1.76. The highest BCUT2D eigenvalue weighted by atomic mass is 16.5. The normalized spacial score (nSPS) is 9.81. The third kappa shape index (κ3) is 4.68. The number of ether oxygens (including phenoxy) is 1. The van der Waals surface area contributed by atoms with Crippen molar-refractivity contribution in [3.05, 3.63) is 30.1 Å². The molecule has 0 amide bonds. The van der Waals surface area contributed by atoms with E-state index in [9.17, 15) is 9.59 Å². The van der Waals surface area contributed by atoms with Gasteiger partial charge in [-0.1, -0.05) is 0 Å². The molecule has 0 aliphatic carbocycles. The molecule has 86 valence electrons. The Balaban J connectivity index is 2.19. The molecule has 1 aromatic rings. The van der Waals surface area contributed by atoms with Gasteiger partial charge in [0.1, 0.15) is 0 Å². The SMILES string of the molecule is CC(=O)OCCCCC(=O)c1cccnc1. The van der Waals surface area contributed by atoms with Gasteiger partial charge in [0.15, 0.2) is 5.78 Å². The molecule has 4 nitrogen and oxygen atoms in total. The maximum atomic E-state index is 11.6. The Kier molecular flexibility index (Phi) is 5.19. The van der Waals surface area contributed by atoms with Gasteiger partial charge >= 0.3 is 5.97 Å². The largest absolute Gasteiger partial charge is 0.466 e. The van der Waals surface area contributed by atoms with Gasteiger partial charge in [-0.2, -0.15) is 0 Å². The van der Waals surface area contributed by atoms with Crippen molar-refractivity contribution >= 4 is 11.8 Å². The number of ketones is 1. The lowest BCUT2D eigenvalue weighted by molar-refractivity contribution is -0.141. The standard InChI is InChI=1S/C12H15NO3/c1-10(14)16-8-3-2-6-12(15)11-5-4-7-13-9-11/h4-5,7,9H,2-3,6,8H2,1H3. The minimum absolute atomic E-state index is 0.0796. The van der Waals surface area contributed by atoms with Crippen molar-refractivity contribution in [3.63, 3.8) is 0 Å². The summed E-state index contributed by atoms with van der Waals surface area (Å²) >= 11 is 0. The highest BCUT2D eigenvalue weighted by Gasteiger charge is 2.04. The molecule has 0 unspecified atom stereocenters. The minimum Gasteiger partial charge on any atom is -0.466 e. The highest BCUT2D eigenvalue weighted by molar-refractivity contribution is 5.95. The Morgan fingerprint density at radius 2 is 2.19 bits per heavy atom. The van der Waals surface area contributed by atoms with Gasteiger partial charge in [-0.05, 0) is 25.0 Å². The fourth-order valence-electron chi connectivity index (χ4n) is 1.28. The van der Waals surface area contributed by atoms with Gasteiger partial charge in [-0.3, -0.25) is 14.6 Å². The maximum Gasteiger partial charge on any atom is 0.302 e. The summed E-state index contributed by atoms with van der Waals surface area (Å²) in [7, 11) is 0. The van der Waals surface area contributed by atoms with Crippen LogP contribution < -0.4 is 0 Å². The maximum absolute atomic E-state index is 11.6. The van der Waals surface area contributed by atoms with Crippen LogP contribution in [0.15, 0.2) is 24.5 Å². The van der Waals surface area contributed by atoms with E-state index in [0.29, 0.717) is 25.0 Å². The van der Waals surface area contributed by atoms with Gasteiger partial charge in [0.2, 0.25) is 0 Å². The molecule has 0 N–H and O–H groups in total. The molecule has 0 saturated heterocycles. The van der Waals surface area contributed by atoms with E-state index < -0.39 is 0 Å². The van der Waals surface area contributed by atoms with Gasteiger partial charge in [0.25, 0.3) is 0 Å². The summed E-state index contributed by atoms with van der Waals surface area (Å²) in [5, 5.41) is 0. The Morgan fingerprint density at radius 1 is 1.38 bits per heavy atom. The Hall–Kier alpha value is -1.71. The van der Waals surface area contributed by atoms with Gasteiger partial charge in [-0.15, -0.1) is 0 Å². The zero-order valence-electron chi connectivity index (χ0n) is 9.31. The molecule has 1 heterocycles. The molecule has 0 saturated carbocycles. The Labute approximate surface area is 94.6 Å². The molecular formula is C12H15NO3. The molecule has 16 heavy (non-hydrogen) atoms. The van der Waals surface area contributed by atoms with Crippen LogP contribution in [0.4, 0.5) is 0 Å². The van der Waals surface area contributed by atoms with Crippen LogP contribution in [-0.2, 0) is 9.53 Å². The van der Waals surface area contributed by atoms with Gasteiger partial charge < -0.3 is 4.74 Å². The zero-order chi connectivity index (χ0) is 11.8. The molecule has 0 fully saturated rings. The molecule has 4 heteroatoms. The summed E-state index contributed by atoms with van der Waals surface area (Å²) in [6, 6.07) is 3.49. The van der Waals surface area contributed by atoms with E-state index in [1.807, 2.05) is 0 Å². The van der Waals surface area contributed by atoms with E-state index in [-0.39, 0.29) is 11.8 Å².